The summed E-state index contributed by atoms with van der Waals surface area (Å²) in [7, 11) is 0. The summed E-state index contributed by atoms with van der Waals surface area (Å²) in [5, 5.41) is 2.73. The Labute approximate surface area is 121 Å². The van der Waals surface area contributed by atoms with Crippen LogP contribution in [0.1, 0.15) is 21.6 Å². The third-order valence-corrected chi connectivity index (χ3v) is 2.79. The van der Waals surface area contributed by atoms with E-state index in [0.29, 0.717) is 18.5 Å². The Morgan fingerprint density at radius 3 is 3.05 bits per heavy atom. The van der Waals surface area contributed by atoms with Gasteiger partial charge in [-0.05, 0) is 18.2 Å². The average molecular weight is 286 g/mol. The van der Waals surface area contributed by atoms with Crippen molar-refractivity contribution >= 4 is 5.91 Å². The second kappa shape index (κ2) is 7.22. The van der Waals surface area contributed by atoms with Crippen molar-refractivity contribution in [2.45, 2.75) is 6.42 Å². The molecule has 21 heavy (non-hydrogen) atoms. The Kier molecular flexibility index (Phi) is 5.07. The number of imidazole rings is 1. The Bertz CT molecular complexity index is 671. The fourth-order valence-corrected chi connectivity index (χ4v) is 1.79. The molecular weight excluding hydrogens is 271 g/mol. The number of aromatic amines is 1. The van der Waals surface area contributed by atoms with Crippen molar-refractivity contribution in [1.29, 1.82) is 0 Å². The molecule has 0 unspecified atom stereocenters. The standard InChI is InChI=1S/C15H15FN4O/c16-12-4-3-11(2-1-6-17)14(8-12)15(21)19-7-5-13-9-18-10-20-13/h3-4,8-10H,5-7,17H2,(H,18,20)(H,19,21). The lowest BCUT2D eigenvalue weighted by Gasteiger charge is -2.06. The van der Waals surface area contributed by atoms with Gasteiger partial charge in [0.15, 0.2) is 0 Å². The minimum Gasteiger partial charge on any atom is -0.352 e. The summed E-state index contributed by atoms with van der Waals surface area (Å²) in [6.45, 7) is 0.597. The summed E-state index contributed by atoms with van der Waals surface area (Å²) < 4.78 is 13.3. The summed E-state index contributed by atoms with van der Waals surface area (Å²) in [6.07, 6.45) is 3.88. The van der Waals surface area contributed by atoms with Crippen LogP contribution in [0.2, 0.25) is 0 Å². The van der Waals surface area contributed by atoms with Crippen LogP contribution in [-0.2, 0) is 6.42 Å². The number of H-pyrrole nitrogens is 1. The number of nitrogens with one attached hydrogen (secondary N) is 2. The molecular formula is C15H15FN4O. The highest BCUT2D eigenvalue weighted by molar-refractivity contribution is 5.96. The molecule has 0 aliphatic rings. The highest BCUT2D eigenvalue weighted by Gasteiger charge is 2.11. The van der Waals surface area contributed by atoms with Crippen LogP contribution in [0.5, 0.6) is 0 Å². The zero-order valence-electron chi connectivity index (χ0n) is 11.3. The first kappa shape index (κ1) is 14.8. The fourth-order valence-electron chi connectivity index (χ4n) is 1.79. The van der Waals surface area contributed by atoms with E-state index in [1.54, 1.807) is 12.5 Å². The highest BCUT2D eigenvalue weighted by Crippen LogP contribution is 2.10. The smallest absolute Gasteiger partial charge is 0.252 e. The molecule has 1 heterocycles. The van der Waals surface area contributed by atoms with Crippen LogP contribution in [0.4, 0.5) is 4.39 Å². The fraction of sp³-hybridized carbons (Fsp3) is 0.200. The number of nitrogens with zero attached hydrogens (tertiary/aromatic N) is 1. The van der Waals surface area contributed by atoms with E-state index in [4.69, 9.17) is 5.73 Å². The van der Waals surface area contributed by atoms with Gasteiger partial charge in [-0.15, -0.1) is 0 Å². The zero-order valence-corrected chi connectivity index (χ0v) is 11.3. The van der Waals surface area contributed by atoms with Crippen molar-refractivity contribution in [2.75, 3.05) is 13.1 Å². The molecule has 1 amide bonds. The second-order valence-electron chi connectivity index (χ2n) is 4.28. The summed E-state index contributed by atoms with van der Waals surface area (Å²) in [4.78, 5) is 18.9. The summed E-state index contributed by atoms with van der Waals surface area (Å²) >= 11 is 0. The van der Waals surface area contributed by atoms with Gasteiger partial charge in [0.2, 0.25) is 0 Å². The molecule has 0 fully saturated rings. The molecule has 1 aromatic heterocycles. The van der Waals surface area contributed by atoms with Crippen LogP contribution in [0, 0.1) is 17.7 Å². The number of carbonyl (C=O) groups excluding carboxylic acids is 1. The molecule has 0 radical (unpaired) electrons. The molecule has 5 nitrogen and oxygen atoms in total. The lowest BCUT2D eigenvalue weighted by molar-refractivity contribution is 0.0953. The molecule has 0 saturated carbocycles. The Morgan fingerprint density at radius 2 is 2.33 bits per heavy atom. The SMILES string of the molecule is NCC#Cc1ccc(F)cc1C(=O)NCCc1cnc[nH]1. The average Bonchev–Trinajstić information content (AvgIpc) is 2.99. The number of nitrogens with two attached hydrogens (primary N) is 1. The number of hydrogen-bond donors (Lipinski definition) is 3. The highest BCUT2D eigenvalue weighted by atomic mass is 19.1. The van der Waals surface area contributed by atoms with E-state index < -0.39 is 5.82 Å². The molecule has 0 spiro atoms. The minimum atomic E-state index is -0.480. The van der Waals surface area contributed by atoms with E-state index in [1.807, 2.05) is 0 Å². The third-order valence-electron chi connectivity index (χ3n) is 2.79. The first-order valence-electron chi connectivity index (χ1n) is 6.44. The number of amides is 1. The molecule has 108 valence electrons. The maximum Gasteiger partial charge on any atom is 0.252 e. The molecule has 0 aliphatic carbocycles. The van der Waals surface area contributed by atoms with Gasteiger partial charge in [0.25, 0.3) is 5.91 Å². The van der Waals surface area contributed by atoms with E-state index in [1.165, 1.54) is 18.2 Å². The first-order chi connectivity index (χ1) is 10.2. The first-order valence-corrected chi connectivity index (χ1v) is 6.44. The van der Waals surface area contributed by atoms with Crippen LogP contribution in [-0.4, -0.2) is 29.0 Å². The van der Waals surface area contributed by atoms with Gasteiger partial charge >= 0.3 is 0 Å². The van der Waals surface area contributed by atoms with Crippen LogP contribution < -0.4 is 11.1 Å². The quantitative estimate of drug-likeness (QED) is 0.728. The van der Waals surface area contributed by atoms with Gasteiger partial charge in [0.05, 0.1) is 18.4 Å². The number of halogens is 1. The van der Waals surface area contributed by atoms with Crippen molar-refractivity contribution in [3.8, 4) is 11.8 Å². The van der Waals surface area contributed by atoms with E-state index in [-0.39, 0.29) is 18.0 Å². The number of aromatic nitrogens is 2. The lowest BCUT2D eigenvalue weighted by Crippen LogP contribution is -2.26. The molecule has 0 saturated heterocycles. The van der Waals surface area contributed by atoms with Gasteiger partial charge < -0.3 is 16.0 Å². The second-order valence-corrected chi connectivity index (χ2v) is 4.28. The molecule has 0 atom stereocenters. The monoisotopic (exact) mass is 286 g/mol. The van der Waals surface area contributed by atoms with Crippen molar-refractivity contribution < 1.29 is 9.18 Å². The van der Waals surface area contributed by atoms with Gasteiger partial charge in [-0.1, -0.05) is 11.8 Å². The normalized spacial score (nSPS) is 9.81. The van der Waals surface area contributed by atoms with Gasteiger partial charge in [0.1, 0.15) is 5.82 Å². The predicted octanol–water partition coefficient (Wildman–Crippen LogP) is 0.831. The van der Waals surface area contributed by atoms with E-state index in [2.05, 4.69) is 27.1 Å². The predicted molar refractivity (Wildman–Crippen MR) is 77.0 cm³/mol. The zero-order chi connectivity index (χ0) is 15.1. The summed E-state index contributed by atoms with van der Waals surface area (Å²) in [5.41, 5.74) is 6.89. The van der Waals surface area contributed by atoms with Crippen LogP contribution in [0.15, 0.2) is 30.7 Å². The van der Waals surface area contributed by atoms with Crippen molar-refractivity contribution in [2.24, 2.45) is 5.73 Å². The summed E-state index contributed by atoms with van der Waals surface area (Å²) in [5.74, 6) is 4.58. The van der Waals surface area contributed by atoms with E-state index in [9.17, 15) is 9.18 Å². The lowest BCUT2D eigenvalue weighted by atomic mass is 10.1. The number of carbonyl (C=O) groups is 1. The number of hydrogen-bond acceptors (Lipinski definition) is 3. The van der Waals surface area contributed by atoms with Gasteiger partial charge in [-0.2, -0.15) is 0 Å². The number of rotatable bonds is 4. The Morgan fingerprint density at radius 1 is 1.48 bits per heavy atom. The van der Waals surface area contributed by atoms with Crippen LogP contribution in [0.25, 0.3) is 0 Å². The molecule has 4 N–H and O–H groups in total. The molecule has 0 bridgehead atoms. The molecule has 6 heteroatoms. The Hall–Kier alpha value is -2.65. The topological polar surface area (TPSA) is 83.8 Å². The van der Waals surface area contributed by atoms with E-state index >= 15 is 0 Å². The van der Waals surface area contributed by atoms with Crippen molar-refractivity contribution in [3.05, 3.63) is 53.4 Å². The molecule has 1 aromatic carbocycles. The molecule has 2 aromatic rings. The minimum absolute atomic E-state index is 0.179. The van der Waals surface area contributed by atoms with Gasteiger partial charge in [0, 0.05) is 30.4 Å². The van der Waals surface area contributed by atoms with Crippen molar-refractivity contribution in [3.63, 3.8) is 0 Å². The van der Waals surface area contributed by atoms with Crippen LogP contribution >= 0.6 is 0 Å². The Balaban J connectivity index is 2.05. The van der Waals surface area contributed by atoms with Crippen LogP contribution in [0.3, 0.4) is 0 Å². The maximum atomic E-state index is 13.3. The molecule has 0 aliphatic heterocycles. The third kappa shape index (κ3) is 4.16. The summed E-state index contributed by atoms with van der Waals surface area (Å²) in [6, 6.07) is 3.91. The van der Waals surface area contributed by atoms with Crippen molar-refractivity contribution in [1.82, 2.24) is 15.3 Å². The van der Waals surface area contributed by atoms with Gasteiger partial charge in [-0.25, -0.2) is 9.37 Å². The van der Waals surface area contributed by atoms with E-state index in [0.717, 1.165) is 5.69 Å². The van der Waals surface area contributed by atoms with Gasteiger partial charge in [-0.3, -0.25) is 4.79 Å². The molecule has 2 rings (SSSR count). The largest absolute Gasteiger partial charge is 0.352 e. The maximum absolute atomic E-state index is 13.3. The number of benzene rings is 1.